The van der Waals surface area contributed by atoms with Gasteiger partial charge in [-0.3, -0.25) is 4.79 Å². The number of hydrogen-bond acceptors (Lipinski definition) is 4. The average Bonchev–Trinajstić information content (AvgIpc) is 2.90. The molecule has 1 aliphatic heterocycles. The van der Waals surface area contributed by atoms with Gasteiger partial charge in [-0.05, 0) is 38.5 Å². The van der Waals surface area contributed by atoms with Crippen LogP contribution >= 0.6 is 0 Å². The topological polar surface area (TPSA) is 66.6 Å². The molecule has 5 nitrogen and oxygen atoms in total. The Morgan fingerprint density at radius 1 is 1.53 bits per heavy atom. The first-order chi connectivity index (χ1) is 8.97. The smallest absolute Gasteiger partial charge is 0.254 e. The summed E-state index contributed by atoms with van der Waals surface area (Å²) in [5.74, 6) is -0.0835. The molecule has 100 valence electrons. The number of fused-ring (bicyclic) bond motifs is 1. The van der Waals surface area contributed by atoms with Crippen molar-refractivity contribution in [2.75, 3.05) is 6.54 Å². The van der Waals surface area contributed by atoms with Gasteiger partial charge in [0.25, 0.3) is 5.91 Å². The van der Waals surface area contributed by atoms with Crippen LogP contribution in [-0.2, 0) is 0 Å². The Kier molecular flexibility index (Phi) is 2.60. The van der Waals surface area contributed by atoms with E-state index in [9.17, 15) is 9.90 Å². The molecule has 0 spiro atoms. The van der Waals surface area contributed by atoms with Crippen LogP contribution in [0.15, 0.2) is 29.0 Å². The van der Waals surface area contributed by atoms with Gasteiger partial charge < -0.3 is 14.4 Å². The van der Waals surface area contributed by atoms with E-state index in [1.54, 1.807) is 23.1 Å². The average molecular weight is 260 g/mol. The summed E-state index contributed by atoms with van der Waals surface area (Å²) in [4.78, 5) is 18.3. The summed E-state index contributed by atoms with van der Waals surface area (Å²) in [5.41, 5.74) is 1.57. The normalized spacial score (nSPS) is 22.1. The fraction of sp³-hybridized carbons (Fsp3) is 0.429. The molecule has 0 radical (unpaired) electrons. The summed E-state index contributed by atoms with van der Waals surface area (Å²) < 4.78 is 5.21. The van der Waals surface area contributed by atoms with E-state index in [0.29, 0.717) is 24.1 Å². The van der Waals surface area contributed by atoms with Crippen LogP contribution in [-0.4, -0.2) is 39.1 Å². The number of aliphatic hydroxyl groups is 1. The van der Waals surface area contributed by atoms with E-state index in [4.69, 9.17) is 4.42 Å². The second kappa shape index (κ2) is 4.06. The van der Waals surface area contributed by atoms with E-state index < -0.39 is 6.10 Å². The summed E-state index contributed by atoms with van der Waals surface area (Å²) >= 11 is 0. The largest absolute Gasteiger partial charge is 0.443 e. The number of amides is 1. The number of hydrogen-bond donors (Lipinski definition) is 1. The predicted molar refractivity (Wildman–Crippen MR) is 69.7 cm³/mol. The summed E-state index contributed by atoms with van der Waals surface area (Å²) in [6.45, 7) is 4.31. The quantitative estimate of drug-likeness (QED) is 0.849. The van der Waals surface area contributed by atoms with Crippen LogP contribution in [0, 0.1) is 0 Å². The third kappa shape index (κ3) is 2.00. The van der Waals surface area contributed by atoms with Gasteiger partial charge in [-0.15, -0.1) is 0 Å². The fourth-order valence-electron chi connectivity index (χ4n) is 2.71. The molecular weight excluding hydrogens is 244 g/mol. The van der Waals surface area contributed by atoms with Gasteiger partial charge in [-0.1, -0.05) is 0 Å². The zero-order chi connectivity index (χ0) is 13.6. The van der Waals surface area contributed by atoms with Crippen LogP contribution in [0.25, 0.3) is 11.1 Å². The molecule has 2 heterocycles. The lowest BCUT2D eigenvalue weighted by atomic mass is 10.0. The predicted octanol–water partition coefficient (Wildman–Crippen LogP) is 1.81. The number of benzene rings is 1. The Bertz CT molecular complexity index is 632. The number of aliphatic hydroxyl groups excluding tert-OH is 1. The van der Waals surface area contributed by atoms with Crippen molar-refractivity contribution in [2.24, 2.45) is 0 Å². The van der Waals surface area contributed by atoms with Gasteiger partial charge in [-0.2, -0.15) is 0 Å². The van der Waals surface area contributed by atoms with Crippen molar-refractivity contribution in [3.8, 4) is 0 Å². The Morgan fingerprint density at radius 2 is 2.32 bits per heavy atom. The van der Waals surface area contributed by atoms with Gasteiger partial charge in [0.2, 0.25) is 0 Å². The molecule has 1 N–H and O–H groups in total. The monoisotopic (exact) mass is 260 g/mol. The van der Waals surface area contributed by atoms with Crippen LogP contribution in [0.5, 0.6) is 0 Å². The highest BCUT2D eigenvalue weighted by Crippen LogP contribution is 2.30. The number of aromatic nitrogens is 1. The molecule has 1 aliphatic rings. The molecule has 0 saturated carbocycles. The zero-order valence-corrected chi connectivity index (χ0v) is 11.0. The fourth-order valence-corrected chi connectivity index (χ4v) is 2.71. The highest BCUT2D eigenvalue weighted by Gasteiger charge is 2.40. The summed E-state index contributed by atoms with van der Waals surface area (Å²) in [6, 6.07) is 5.21. The van der Waals surface area contributed by atoms with Crippen molar-refractivity contribution >= 4 is 17.0 Å². The van der Waals surface area contributed by atoms with Gasteiger partial charge in [0.1, 0.15) is 5.52 Å². The minimum atomic E-state index is -0.451. The van der Waals surface area contributed by atoms with E-state index in [1.165, 1.54) is 6.39 Å². The van der Waals surface area contributed by atoms with E-state index in [2.05, 4.69) is 4.98 Å². The minimum absolute atomic E-state index is 0.0835. The third-order valence-electron chi connectivity index (χ3n) is 3.68. The molecule has 1 aromatic carbocycles. The zero-order valence-electron chi connectivity index (χ0n) is 11.0. The molecule has 0 bridgehead atoms. The minimum Gasteiger partial charge on any atom is -0.443 e. The van der Waals surface area contributed by atoms with Gasteiger partial charge in [0.05, 0.1) is 6.10 Å². The van der Waals surface area contributed by atoms with Gasteiger partial charge in [0, 0.05) is 17.6 Å². The first kappa shape index (κ1) is 12.2. The van der Waals surface area contributed by atoms with Crippen molar-refractivity contribution < 1.29 is 14.3 Å². The Morgan fingerprint density at radius 3 is 3.00 bits per heavy atom. The molecule has 1 fully saturated rings. The number of carbonyl (C=O) groups is 1. The Balaban J connectivity index is 1.95. The number of rotatable bonds is 1. The standard InChI is InChI=1S/C14H16N2O3/c1-14(2)6-10(17)7-16(14)13(18)9-3-4-11-12(5-9)19-8-15-11/h3-5,8,10,17H,6-7H2,1-2H3. The number of carbonyl (C=O) groups excluding carboxylic acids is 1. The summed E-state index contributed by atoms with van der Waals surface area (Å²) in [7, 11) is 0. The van der Waals surface area contributed by atoms with Crippen LogP contribution in [0.2, 0.25) is 0 Å². The van der Waals surface area contributed by atoms with E-state index in [1.807, 2.05) is 13.8 Å². The van der Waals surface area contributed by atoms with E-state index >= 15 is 0 Å². The van der Waals surface area contributed by atoms with Crippen molar-refractivity contribution in [1.29, 1.82) is 0 Å². The molecule has 1 saturated heterocycles. The number of β-amino-alcohol motifs (C(OH)–C–C–N with tert-alkyl or cyclic N) is 1. The van der Waals surface area contributed by atoms with Gasteiger partial charge in [0.15, 0.2) is 12.0 Å². The van der Waals surface area contributed by atoms with Crippen LogP contribution in [0.3, 0.4) is 0 Å². The molecule has 19 heavy (non-hydrogen) atoms. The molecule has 3 rings (SSSR count). The second-order valence-electron chi connectivity index (χ2n) is 5.62. The van der Waals surface area contributed by atoms with Crippen molar-refractivity contribution in [1.82, 2.24) is 9.88 Å². The molecule has 5 heteroatoms. The number of likely N-dealkylation sites (tertiary alicyclic amines) is 1. The number of nitrogens with zero attached hydrogens (tertiary/aromatic N) is 2. The molecule has 1 unspecified atom stereocenters. The van der Waals surface area contributed by atoms with Crippen molar-refractivity contribution in [3.05, 3.63) is 30.2 Å². The lowest BCUT2D eigenvalue weighted by Gasteiger charge is -2.31. The van der Waals surface area contributed by atoms with Crippen molar-refractivity contribution in [2.45, 2.75) is 31.9 Å². The van der Waals surface area contributed by atoms with Gasteiger partial charge in [-0.25, -0.2) is 4.98 Å². The maximum absolute atomic E-state index is 12.5. The number of oxazole rings is 1. The van der Waals surface area contributed by atoms with E-state index in [-0.39, 0.29) is 11.4 Å². The summed E-state index contributed by atoms with van der Waals surface area (Å²) in [6.07, 6.45) is 1.51. The van der Waals surface area contributed by atoms with Gasteiger partial charge >= 0.3 is 0 Å². The Labute approximate surface area is 110 Å². The highest BCUT2D eigenvalue weighted by molar-refractivity contribution is 5.97. The molecular formula is C14H16N2O3. The van der Waals surface area contributed by atoms with Crippen molar-refractivity contribution in [3.63, 3.8) is 0 Å². The maximum Gasteiger partial charge on any atom is 0.254 e. The van der Waals surface area contributed by atoms with Crippen LogP contribution in [0.4, 0.5) is 0 Å². The molecule has 2 aromatic rings. The summed E-state index contributed by atoms with van der Waals surface area (Å²) in [5, 5.41) is 9.75. The lowest BCUT2D eigenvalue weighted by molar-refractivity contribution is 0.0641. The first-order valence-corrected chi connectivity index (χ1v) is 6.31. The first-order valence-electron chi connectivity index (χ1n) is 6.31. The van der Waals surface area contributed by atoms with E-state index in [0.717, 1.165) is 5.52 Å². The van der Waals surface area contributed by atoms with Crippen LogP contribution in [0.1, 0.15) is 30.6 Å². The Hall–Kier alpha value is -1.88. The lowest BCUT2D eigenvalue weighted by Crippen LogP contribution is -2.42. The second-order valence-corrected chi connectivity index (χ2v) is 5.62. The van der Waals surface area contributed by atoms with Crippen LogP contribution < -0.4 is 0 Å². The molecule has 1 aromatic heterocycles. The molecule has 1 amide bonds. The SMILES string of the molecule is CC1(C)CC(O)CN1C(=O)c1ccc2ncoc2c1. The highest BCUT2D eigenvalue weighted by atomic mass is 16.3. The third-order valence-corrected chi connectivity index (χ3v) is 3.68. The maximum atomic E-state index is 12.5. The molecule has 1 atom stereocenters. The molecule has 0 aliphatic carbocycles.